The third kappa shape index (κ3) is 3.99. The van der Waals surface area contributed by atoms with Gasteiger partial charge in [0.1, 0.15) is 11.6 Å². The molecular formula is C15H14F2N2S. The van der Waals surface area contributed by atoms with Crippen molar-refractivity contribution in [2.24, 2.45) is 0 Å². The summed E-state index contributed by atoms with van der Waals surface area (Å²) in [6.45, 7) is 1.91. The zero-order valence-electron chi connectivity index (χ0n) is 10.9. The molecule has 2 aromatic rings. The van der Waals surface area contributed by atoms with E-state index >= 15 is 0 Å². The van der Waals surface area contributed by atoms with Crippen molar-refractivity contribution in [2.75, 3.05) is 5.32 Å². The lowest BCUT2D eigenvalue weighted by Crippen LogP contribution is -2.30. The molecule has 0 aliphatic heterocycles. The molecule has 0 saturated carbocycles. The van der Waals surface area contributed by atoms with Crippen LogP contribution in [0.5, 0.6) is 0 Å². The van der Waals surface area contributed by atoms with Gasteiger partial charge in [-0.05, 0) is 55.0 Å². The highest BCUT2D eigenvalue weighted by molar-refractivity contribution is 7.80. The minimum Gasteiger partial charge on any atom is -0.356 e. The summed E-state index contributed by atoms with van der Waals surface area (Å²) in [6.07, 6.45) is 0. The second-order valence-corrected chi connectivity index (χ2v) is 4.79. The Kier molecular flexibility index (Phi) is 4.63. The zero-order chi connectivity index (χ0) is 14.5. The van der Waals surface area contributed by atoms with Gasteiger partial charge in [0.15, 0.2) is 5.11 Å². The van der Waals surface area contributed by atoms with Gasteiger partial charge in [-0.25, -0.2) is 8.78 Å². The molecule has 0 unspecified atom stereocenters. The van der Waals surface area contributed by atoms with Gasteiger partial charge in [-0.1, -0.05) is 18.2 Å². The summed E-state index contributed by atoms with van der Waals surface area (Å²) in [7, 11) is 0. The first-order chi connectivity index (χ1) is 9.54. The van der Waals surface area contributed by atoms with Crippen LogP contribution in [0.4, 0.5) is 14.5 Å². The van der Waals surface area contributed by atoms with E-state index < -0.39 is 0 Å². The SMILES string of the molecule is C[C@@H](NC(=S)Nc1cccc(F)c1)c1ccc(F)cc1. The lowest BCUT2D eigenvalue weighted by Gasteiger charge is -2.17. The Bertz CT molecular complexity index is 599. The molecule has 2 rings (SSSR count). The topological polar surface area (TPSA) is 24.1 Å². The number of rotatable bonds is 3. The van der Waals surface area contributed by atoms with E-state index in [4.69, 9.17) is 12.2 Å². The third-order valence-corrected chi connectivity index (χ3v) is 3.02. The Morgan fingerprint density at radius 2 is 1.75 bits per heavy atom. The maximum atomic E-state index is 13.0. The standard InChI is InChI=1S/C15H14F2N2S/c1-10(11-5-7-12(16)8-6-11)18-15(20)19-14-4-2-3-13(17)9-14/h2-10H,1H3,(H2,18,19,20)/t10-/m1/s1. The van der Waals surface area contributed by atoms with Gasteiger partial charge >= 0.3 is 0 Å². The Morgan fingerprint density at radius 3 is 2.40 bits per heavy atom. The summed E-state index contributed by atoms with van der Waals surface area (Å²) < 4.78 is 25.9. The number of nitrogens with one attached hydrogen (secondary N) is 2. The van der Waals surface area contributed by atoms with E-state index in [0.29, 0.717) is 10.8 Å². The van der Waals surface area contributed by atoms with Crippen LogP contribution < -0.4 is 10.6 Å². The Hall–Kier alpha value is -2.01. The Morgan fingerprint density at radius 1 is 1.05 bits per heavy atom. The first-order valence-electron chi connectivity index (χ1n) is 6.13. The van der Waals surface area contributed by atoms with E-state index in [1.807, 2.05) is 6.92 Å². The summed E-state index contributed by atoms with van der Waals surface area (Å²) in [5.41, 5.74) is 1.49. The van der Waals surface area contributed by atoms with Crippen LogP contribution in [0.15, 0.2) is 48.5 Å². The summed E-state index contributed by atoms with van der Waals surface area (Å²) in [5, 5.41) is 6.34. The lowest BCUT2D eigenvalue weighted by atomic mass is 10.1. The summed E-state index contributed by atoms with van der Waals surface area (Å²) in [5.74, 6) is -0.606. The van der Waals surface area contributed by atoms with Gasteiger partial charge in [-0.15, -0.1) is 0 Å². The van der Waals surface area contributed by atoms with Gasteiger partial charge in [0, 0.05) is 5.69 Å². The molecule has 5 heteroatoms. The van der Waals surface area contributed by atoms with Gasteiger partial charge in [0.2, 0.25) is 0 Å². The van der Waals surface area contributed by atoms with Crippen molar-refractivity contribution in [1.82, 2.24) is 5.32 Å². The highest BCUT2D eigenvalue weighted by atomic mass is 32.1. The monoisotopic (exact) mass is 292 g/mol. The van der Waals surface area contributed by atoms with Crippen LogP contribution in [0, 0.1) is 11.6 Å². The molecule has 2 aromatic carbocycles. The average molecular weight is 292 g/mol. The van der Waals surface area contributed by atoms with Crippen molar-refractivity contribution in [3.8, 4) is 0 Å². The van der Waals surface area contributed by atoms with Crippen molar-refractivity contribution in [3.63, 3.8) is 0 Å². The van der Waals surface area contributed by atoms with Crippen LogP contribution in [0.3, 0.4) is 0 Å². The van der Waals surface area contributed by atoms with Crippen molar-refractivity contribution in [1.29, 1.82) is 0 Å². The number of hydrogen-bond acceptors (Lipinski definition) is 1. The predicted molar refractivity (Wildman–Crippen MR) is 80.6 cm³/mol. The highest BCUT2D eigenvalue weighted by Gasteiger charge is 2.07. The number of halogens is 2. The lowest BCUT2D eigenvalue weighted by molar-refractivity contribution is 0.624. The van der Waals surface area contributed by atoms with Crippen molar-refractivity contribution < 1.29 is 8.78 Å². The zero-order valence-corrected chi connectivity index (χ0v) is 11.7. The molecule has 104 valence electrons. The molecule has 2 N–H and O–H groups in total. The largest absolute Gasteiger partial charge is 0.356 e. The number of anilines is 1. The maximum Gasteiger partial charge on any atom is 0.171 e. The smallest absolute Gasteiger partial charge is 0.171 e. The average Bonchev–Trinajstić information content (AvgIpc) is 2.39. The molecule has 0 heterocycles. The molecule has 0 saturated heterocycles. The Balaban J connectivity index is 1.95. The van der Waals surface area contributed by atoms with E-state index in [2.05, 4.69) is 10.6 Å². The molecule has 0 spiro atoms. The van der Waals surface area contributed by atoms with E-state index in [9.17, 15) is 8.78 Å². The fourth-order valence-electron chi connectivity index (χ4n) is 1.76. The maximum absolute atomic E-state index is 13.0. The molecule has 20 heavy (non-hydrogen) atoms. The number of benzene rings is 2. The molecule has 0 amide bonds. The van der Waals surface area contributed by atoms with Crippen LogP contribution >= 0.6 is 12.2 Å². The van der Waals surface area contributed by atoms with Crippen LogP contribution in [-0.4, -0.2) is 5.11 Å². The fraction of sp³-hybridized carbons (Fsp3) is 0.133. The quantitative estimate of drug-likeness (QED) is 0.836. The van der Waals surface area contributed by atoms with Crippen LogP contribution in [-0.2, 0) is 0 Å². The van der Waals surface area contributed by atoms with Crippen molar-refractivity contribution in [3.05, 3.63) is 65.7 Å². The first kappa shape index (κ1) is 14.4. The summed E-state index contributed by atoms with van der Waals surface area (Å²) >= 11 is 5.16. The van der Waals surface area contributed by atoms with Crippen molar-refractivity contribution >= 4 is 23.0 Å². The second kappa shape index (κ2) is 6.43. The van der Waals surface area contributed by atoms with E-state index in [1.165, 1.54) is 24.3 Å². The van der Waals surface area contributed by atoms with Crippen LogP contribution in [0.1, 0.15) is 18.5 Å². The molecule has 2 nitrogen and oxygen atoms in total. The second-order valence-electron chi connectivity index (χ2n) is 4.38. The van der Waals surface area contributed by atoms with E-state index in [0.717, 1.165) is 5.56 Å². The summed E-state index contributed by atoms with van der Waals surface area (Å²) in [4.78, 5) is 0. The molecular weight excluding hydrogens is 278 g/mol. The van der Waals surface area contributed by atoms with Crippen LogP contribution in [0.25, 0.3) is 0 Å². The first-order valence-corrected chi connectivity index (χ1v) is 6.54. The normalized spacial score (nSPS) is 11.8. The molecule has 0 aromatic heterocycles. The third-order valence-electron chi connectivity index (χ3n) is 2.80. The van der Waals surface area contributed by atoms with Gasteiger partial charge in [-0.2, -0.15) is 0 Å². The fourth-order valence-corrected chi connectivity index (χ4v) is 2.06. The minimum atomic E-state index is -0.329. The van der Waals surface area contributed by atoms with Crippen LogP contribution in [0.2, 0.25) is 0 Å². The number of hydrogen-bond donors (Lipinski definition) is 2. The molecule has 0 aliphatic rings. The molecule has 0 bridgehead atoms. The van der Waals surface area contributed by atoms with Crippen molar-refractivity contribution in [2.45, 2.75) is 13.0 Å². The predicted octanol–water partition coefficient (Wildman–Crippen LogP) is 4.01. The number of thiocarbonyl (C=S) groups is 1. The van der Waals surface area contributed by atoms with E-state index in [-0.39, 0.29) is 17.7 Å². The van der Waals surface area contributed by atoms with Gasteiger partial charge in [0.05, 0.1) is 6.04 Å². The minimum absolute atomic E-state index is 0.0795. The molecule has 0 fully saturated rings. The van der Waals surface area contributed by atoms with Gasteiger partial charge < -0.3 is 10.6 Å². The molecule has 1 atom stereocenters. The van der Waals surface area contributed by atoms with Gasteiger partial charge in [0.25, 0.3) is 0 Å². The van der Waals surface area contributed by atoms with Gasteiger partial charge in [-0.3, -0.25) is 0 Å². The molecule has 0 radical (unpaired) electrons. The summed E-state index contributed by atoms with van der Waals surface area (Å²) in [6, 6.07) is 12.1. The Labute approximate surface area is 121 Å². The van der Waals surface area contributed by atoms with E-state index in [1.54, 1.807) is 24.3 Å². The molecule has 0 aliphatic carbocycles. The highest BCUT2D eigenvalue weighted by Crippen LogP contribution is 2.14.